The van der Waals surface area contributed by atoms with Gasteiger partial charge in [0.25, 0.3) is 0 Å². The number of nitrogens with zero attached hydrogens (tertiary/aromatic N) is 1. The van der Waals surface area contributed by atoms with E-state index in [9.17, 15) is 4.79 Å². The Morgan fingerprint density at radius 1 is 1.50 bits per heavy atom. The molecule has 1 N–H and O–H groups in total. The van der Waals surface area contributed by atoms with E-state index < -0.39 is 5.97 Å². The first-order valence-electron chi connectivity index (χ1n) is 2.45. The summed E-state index contributed by atoms with van der Waals surface area (Å²) in [7, 11) is 0. The molecule has 0 aromatic carbocycles. The number of rotatable bonds is 1. The van der Waals surface area contributed by atoms with Crippen molar-refractivity contribution >= 4 is 33.3 Å². The third-order valence-corrected chi connectivity index (χ3v) is 0.884. The Hall–Kier alpha value is -0.458. The van der Waals surface area contributed by atoms with Gasteiger partial charge in [0.05, 0.1) is 0 Å². The third kappa shape index (κ3) is 2.42. The van der Waals surface area contributed by atoms with Crippen molar-refractivity contribution < 1.29 is 9.90 Å². The fourth-order valence-corrected chi connectivity index (χ4v) is 0.489. The van der Waals surface area contributed by atoms with Crippen LogP contribution in [-0.2, 0) is 0 Å². The van der Waals surface area contributed by atoms with Crippen LogP contribution in [-0.4, -0.2) is 43.4 Å². The van der Waals surface area contributed by atoms with Crippen molar-refractivity contribution in [3.8, 4) is 0 Å². The Kier molecular flexibility index (Phi) is 4.17. The van der Waals surface area contributed by atoms with E-state index in [1.807, 2.05) is 0 Å². The van der Waals surface area contributed by atoms with Gasteiger partial charge in [0.15, 0.2) is 0 Å². The standard InChI is InChI=1S/C6H5NO2.Pb.2H/c8-6(9)5-3-1-2-4-7-5;;;/h1-4H,(H,8,9);;;. The van der Waals surface area contributed by atoms with Crippen LogP contribution in [0.4, 0.5) is 0 Å². The van der Waals surface area contributed by atoms with E-state index in [4.69, 9.17) is 5.11 Å². The molecule has 0 spiro atoms. The van der Waals surface area contributed by atoms with Crippen LogP contribution < -0.4 is 0 Å². The summed E-state index contributed by atoms with van der Waals surface area (Å²) >= 11 is 0. The Morgan fingerprint density at radius 3 is 2.50 bits per heavy atom. The second kappa shape index (κ2) is 4.37. The molecule has 0 unspecified atom stereocenters. The summed E-state index contributed by atoms with van der Waals surface area (Å²) in [5.41, 5.74) is 0.0810. The Balaban J connectivity index is 0.000000810. The molecule has 0 fully saturated rings. The molecule has 0 aliphatic rings. The fraction of sp³-hybridized carbons (Fsp3) is 0. The average Bonchev–Trinajstić information content (AvgIpc) is 1.90. The van der Waals surface area contributed by atoms with E-state index >= 15 is 0 Å². The molecule has 1 aromatic rings. The molecular weight excluding hydrogens is 325 g/mol. The second-order valence-electron chi connectivity index (χ2n) is 1.52. The molecular formula is C6H7NO2Pb. The molecule has 3 nitrogen and oxygen atoms in total. The molecule has 0 amide bonds. The summed E-state index contributed by atoms with van der Waals surface area (Å²) in [6, 6.07) is 4.76. The van der Waals surface area contributed by atoms with E-state index in [-0.39, 0.29) is 33.0 Å². The monoisotopic (exact) mass is 333 g/mol. The molecule has 0 atom stereocenters. The summed E-state index contributed by atoms with van der Waals surface area (Å²) < 4.78 is 0. The Morgan fingerprint density at radius 2 is 2.20 bits per heavy atom. The maximum absolute atomic E-state index is 10.1. The zero-order valence-corrected chi connectivity index (χ0v) is 10.8. The van der Waals surface area contributed by atoms with Crippen molar-refractivity contribution in [3.05, 3.63) is 30.1 Å². The van der Waals surface area contributed by atoms with E-state index in [0.29, 0.717) is 0 Å². The van der Waals surface area contributed by atoms with Crippen molar-refractivity contribution in [2.45, 2.75) is 0 Å². The first-order valence-corrected chi connectivity index (χ1v) is 2.45. The average molecular weight is 332 g/mol. The van der Waals surface area contributed by atoms with Gasteiger partial charge in [-0.15, -0.1) is 0 Å². The van der Waals surface area contributed by atoms with Crippen LogP contribution in [0, 0.1) is 0 Å². The molecule has 0 aliphatic heterocycles. The summed E-state index contributed by atoms with van der Waals surface area (Å²) in [5.74, 6) is -0.990. The Labute approximate surface area is 78.3 Å². The van der Waals surface area contributed by atoms with Crippen molar-refractivity contribution in [1.82, 2.24) is 4.98 Å². The van der Waals surface area contributed by atoms with E-state index in [2.05, 4.69) is 4.98 Å². The SMILES string of the molecule is O=C(O)c1ccccn1.[PbH2]. The van der Waals surface area contributed by atoms with Gasteiger partial charge in [-0.05, 0) is 12.1 Å². The number of carbonyl (C=O) groups is 1. The van der Waals surface area contributed by atoms with Crippen molar-refractivity contribution in [3.63, 3.8) is 0 Å². The molecule has 52 valence electrons. The minimum atomic E-state index is -0.990. The first-order chi connectivity index (χ1) is 4.30. The van der Waals surface area contributed by atoms with Crippen molar-refractivity contribution in [2.75, 3.05) is 0 Å². The van der Waals surface area contributed by atoms with Crippen LogP contribution in [0.3, 0.4) is 0 Å². The van der Waals surface area contributed by atoms with Crippen molar-refractivity contribution in [1.29, 1.82) is 0 Å². The van der Waals surface area contributed by atoms with Crippen LogP contribution in [0.5, 0.6) is 0 Å². The molecule has 0 saturated heterocycles. The number of pyridine rings is 1. The molecule has 1 heterocycles. The van der Waals surface area contributed by atoms with Crippen LogP contribution in [0.15, 0.2) is 24.4 Å². The topological polar surface area (TPSA) is 50.2 Å². The summed E-state index contributed by atoms with van der Waals surface area (Å²) in [6.45, 7) is 0. The quantitative estimate of drug-likeness (QED) is 0.729. The van der Waals surface area contributed by atoms with E-state index in [1.165, 1.54) is 12.3 Å². The van der Waals surface area contributed by atoms with Gasteiger partial charge < -0.3 is 5.11 Å². The summed E-state index contributed by atoms with van der Waals surface area (Å²) in [6.07, 6.45) is 1.45. The van der Waals surface area contributed by atoms with Crippen LogP contribution >= 0.6 is 0 Å². The Bertz CT molecular complexity index is 212. The van der Waals surface area contributed by atoms with E-state index in [1.54, 1.807) is 12.1 Å². The molecule has 2 radical (unpaired) electrons. The van der Waals surface area contributed by atoms with E-state index in [0.717, 1.165) is 0 Å². The van der Waals surface area contributed by atoms with Gasteiger partial charge in [-0.25, -0.2) is 9.78 Å². The van der Waals surface area contributed by atoms with Crippen molar-refractivity contribution in [2.24, 2.45) is 0 Å². The number of aromatic carboxylic acids is 1. The van der Waals surface area contributed by atoms with Crippen LogP contribution in [0.1, 0.15) is 10.5 Å². The summed E-state index contributed by atoms with van der Waals surface area (Å²) in [5, 5.41) is 8.32. The predicted molar refractivity (Wildman–Crippen MR) is 39.7 cm³/mol. The van der Waals surface area contributed by atoms with Gasteiger partial charge in [0.1, 0.15) is 5.69 Å². The number of hydrogen-bond acceptors (Lipinski definition) is 2. The van der Waals surface area contributed by atoms with Gasteiger partial charge >= 0.3 is 33.3 Å². The molecule has 1 rings (SSSR count). The normalized spacial score (nSPS) is 8.00. The molecule has 0 bridgehead atoms. The maximum atomic E-state index is 10.1. The number of carboxylic acid groups (broad SMARTS) is 1. The molecule has 0 saturated carbocycles. The molecule has 0 aliphatic carbocycles. The molecule has 4 heteroatoms. The third-order valence-electron chi connectivity index (χ3n) is 0.884. The fourth-order valence-electron chi connectivity index (χ4n) is 0.489. The molecule has 10 heavy (non-hydrogen) atoms. The van der Waals surface area contributed by atoms with Gasteiger partial charge in [-0.1, -0.05) is 6.07 Å². The minimum absolute atomic E-state index is 0. The van der Waals surface area contributed by atoms with Gasteiger partial charge in [0, 0.05) is 6.20 Å². The zero-order valence-electron chi connectivity index (χ0n) is 5.32. The van der Waals surface area contributed by atoms with Crippen LogP contribution in [0.25, 0.3) is 0 Å². The van der Waals surface area contributed by atoms with Crippen LogP contribution in [0.2, 0.25) is 0 Å². The summed E-state index contributed by atoms with van der Waals surface area (Å²) in [4.78, 5) is 13.7. The predicted octanol–water partition coefficient (Wildman–Crippen LogP) is -0.136. The number of carboxylic acids is 1. The number of aromatic nitrogens is 1. The van der Waals surface area contributed by atoms with Gasteiger partial charge in [-0.3, -0.25) is 0 Å². The molecule has 1 aromatic heterocycles. The van der Waals surface area contributed by atoms with Gasteiger partial charge in [-0.2, -0.15) is 0 Å². The second-order valence-corrected chi connectivity index (χ2v) is 1.52. The van der Waals surface area contributed by atoms with Gasteiger partial charge in [0.2, 0.25) is 0 Å². The number of hydrogen-bond donors (Lipinski definition) is 1. The zero-order chi connectivity index (χ0) is 6.69. The first kappa shape index (κ1) is 9.54.